The Bertz CT molecular complexity index is 597. The molecule has 0 spiro atoms. The zero-order valence-electron chi connectivity index (χ0n) is 9.95. The van der Waals surface area contributed by atoms with Crippen molar-refractivity contribution in [1.82, 2.24) is 9.97 Å². The SMILES string of the molecule is CCNc1cncc(Oc2cc(F)c(Cl)cc2Br)n1. The van der Waals surface area contributed by atoms with Crippen LogP contribution in [-0.2, 0) is 0 Å². The van der Waals surface area contributed by atoms with E-state index in [9.17, 15) is 4.39 Å². The first-order valence-electron chi connectivity index (χ1n) is 5.48. The molecule has 1 aromatic carbocycles. The van der Waals surface area contributed by atoms with Gasteiger partial charge in [0.05, 0.1) is 21.9 Å². The number of anilines is 1. The van der Waals surface area contributed by atoms with Crippen LogP contribution in [0, 0.1) is 5.82 Å². The van der Waals surface area contributed by atoms with Gasteiger partial charge in [-0.15, -0.1) is 0 Å². The molecule has 0 unspecified atom stereocenters. The summed E-state index contributed by atoms with van der Waals surface area (Å²) < 4.78 is 19.4. The van der Waals surface area contributed by atoms with Crippen LogP contribution in [0.4, 0.5) is 10.2 Å². The van der Waals surface area contributed by atoms with Crippen molar-refractivity contribution in [1.29, 1.82) is 0 Å². The number of halogens is 3. The molecule has 4 nitrogen and oxygen atoms in total. The second-order valence-electron chi connectivity index (χ2n) is 3.57. The van der Waals surface area contributed by atoms with Gasteiger partial charge in [-0.3, -0.25) is 4.98 Å². The molecule has 1 heterocycles. The van der Waals surface area contributed by atoms with Gasteiger partial charge in [0.15, 0.2) is 0 Å². The molecule has 1 aromatic heterocycles. The number of ether oxygens (including phenoxy) is 1. The molecule has 0 atom stereocenters. The van der Waals surface area contributed by atoms with Crippen LogP contribution in [0.1, 0.15) is 6.92 Å². The number of aromatic nitrogens is 2. The highest BCUT2D eigenvalue weighted by Gasteiger charge is 2.10. The van der Waals surface area contributed by atoms with E-state index in [1.165, 1.54) is 18.3 Å². The lowest BCUT2D eigenvalue weighted by Crippen LogP contribution is -2.01. The summed E-state index contributed by atoms with van der Waals surface area (Å²) in [5, 5.41) is 3.03. The van der Waals surface area contributed by atoms with Gasteiger partial charge in [-0.25, -0.2) is 4.39 Å². The van der Waals surface area contributed by atoms with Gasteiger partial charge in [0.1, 0.15) is 17.4 Å². The summed E-state index contributed by atoms with van der Waals surface area (Å²) in [5.74, 6) is 0.576. The molecule has 1 N–H and O–H groups in total. The summed E-state index contributed by atoms with van der Waals surface area (Å²) >= 11 is 8.90. The average molecular weight is 347 g/mol. The van der Waals surface area contributed by atoms with Crippen LogP contribution in [0.25, 0.3) is 0 Å². The second-order valence-corrected chi connectivity index (χ2v) is 4.83. The highest BCUT2D eigenvalue weighted by Crippen LogP contribution is 2.33. The van der Waals surface area contributed by atoms with Crippen LogP contribution in [0.3, 0.4) is 0 Å². The Balaban J connectivity index is 2.25. The Morgan fingerprint density at radius 2 is 2.21 bits per heavy atom. The Morgan fingerprint density at radius 3 is 2.95 bits per heavy atom. The summed E-state index contributed by atoms with van der Waals surface area (Å²) in [6, 6.07) is 2.61. The first kappa shape index (κ1) is 14.0. The van der Waals surface area contributed by atoms with Crippen molar-refractivity contribution >= 4 is 33.3 Å². The minimum absolute atomic E-state index is 0.0201. The van der Waals surface area contributed by atoms with Crippen molar-refractivity contribution in [3.63, 3.8) is 0 Å². The van der Waals surface area contributed by atoms with E-state index in [-0.39, 0.29) is 16.7 Å². The van der Waals surface area contributed by atoms with Crippen LogP contribution >= 0.6 is 27.5 Å². The minimum Gasteiger partial charge on any atom is -0.436 e. The molecule has 0 saturated carbocycles. The number of nitrogens with one attached hydrogen (secondary N) is 1. The summed E-state index contributed by atoms with van der Waals surface area (Å²) in [4.78, 5) is 8.16. The van der Waals surface area contributed by atoms with Gasteiger partial charge in [0, 0.05) is 12.6 Å². The van der Waals surface area contributed by atoms with E-state index in [0.29, 0.717) is 10.3 Å². The average Bonchev–Trinajstić information content (AvgIpc) is 2.37. The standard InChI is InChI=1S/C12H10BrClFN3O/c1-2-17-11-5-16-6-12(18-11)19-10-4-9(15)8(14)3-7(10)13/h3-6H,2H2,1H3,(H,17,18). The topological polar surface area (TPSA) is 47.0 Å². The van der Waals surface area contributed by atoms with Gasteiger partial charge in [-0.2, -0.15) is 4.98 Å². The Hall–Kier alpha value is -1.40. The summed E-state index contributed by atoms with van der Waals surface area (Å²) in [6.45, 7) is 2.66. The molecule has 0 fully saturated rings. The van der Waals surface area contributed by atoms with Crippen molar-refractivity contribution < 1.29 is 9.13 Å². The molecule has 0 amide bonds. The predicted molar refractivity (Wildman–Crippen MR) is 75.4 cm³/mol. The van der Waals surface area contributed by atoms with E-state index in [1.54, 1.807) is 6.20 Å². The highest BCUT2D eigenvalue weighted by atomic mass is 79.9. The quantitative estimate of drug-likeness (QED) is 0.841. The van der Waals surface area contributed by atoms with Crippen molar-refractivity contribution in [3.05, 3.63) is 39.8 Å². The third-order valence-corrected chi connectivity index (χ3v) is 3.07. The van der Waals surface area contributed by atoms with Crippen LogP contribution in [0.5, 0.6) is 11.6 Å². The number of benzene rings is 1. The molecular formula is C12H10BrClFN3O. The number of hydrogen-bond donors (Lipinski definition) is 1. The van der Waals surface area contributed by atoms with Crippen LogP contribution in [0.15, 0.2) is 29.0 Å². The number of rotatable bonds is 4. The molecule has 0 aliphatic carbocycles. The fourth-order valence-corrected chi connectivity index (χ4v) is 2.08. The number of nitrogens with zero attached hydrogens (tertiary/aromatic N) is 2. The predicted octanol–water partition coefficient (Wildman–Crippen LogP) is 4.26. The number of hydrogen-bond acceptors (Lipinski definition) is 4. The van der Waals surface area contributed by atoms with Gasteiger partial charge in [-0.1, -0.05) is 11.6 Å². The highest BCUT2D eigenvalue weighted by molar-refractivity contribution is 9.10. The first-order valence-corrected chi connectivity index (χ1v) is 6.65. The van der Waals surface area contributed by atoms with Gasteiger partial charge >= 0.3 is 0 Å². The molecule has 2 aromatic rings. The van der Waals surface area contributed by atoms with Crippen molar-refractivity contribution in [3.8, 4) is 11.6 Å². The normalized spacial score (nSPS) is 10.3. The van der Waals surface area contributed by atoms with Gasteiger partial charge in [0.2, 0.25) is 5.88 Å². The third-order valence-electron chi connectivity index (χ3n) is 2.16. The van der Waals surface area contributed by atoms with Gasteiger partial charge in [-0.05, 0) is 28.9 Å². The lowest BCUT2D eigenvalue weighted by atomic mass is 10.3. The first-order chi connectivity index (χ1) is 9.10. The molecule has 0 saturated heterocycles. The Labute approximate surface area is 123 Å². The van der Waals surface area contributed by atoms with Crippen LogP contribution < -0.4 is 10.1 Å². The maximum atomic E-state index is 13.4. The lowest BCUT2D eigenvalue weighted by molar-refractivity contribution is 0.453. The van der Waals surface area contributed by atoms with Gasteiger partial charge in [0.25, 0.3) is 0 Å². The van der Waals surface area contributed by atoms with E-state index >= 15 is 0 Å². The lowest BCUT2D eigenvalue weighted by Gasteiger charge is -2.09. The fraction of sp³-hybridized carbons (Fsp3) is 0.167. The second kappa shape index (κ2) is 6.16. The molecule has 0 aliphatic rings. The fourth-order valence-electron chi connectivity index (χ4n) is 1.36. The zero-order chi connectivity index (χ0) is 13.8. The monoisotopic (exact) mass is 345 g/mol. The van der Waals surface area contributed by atoms with E-state index in [1.807, 2.05) is 6.92 Å². The van der Waals surface area contributed by atoms with Crippen LogP contribution in [-0.4, -0.2) is 16.5 Å². The summed E-state index contributed by atoms with van der Waals surface area (Å²) in [6.07, 6.45) is 3.02. The molecule has 100 valence electrons. The molecule has 7 heteroatoms. The van der Waals surface area contributed by atoms with Crippen molar-refractivity contribution in [2.75, 3.05) is 11.9 Å². The smallest absolute Gasteiger partial charge is 0.239 e. The Kier molecular flexibility index (Phi) is 4.55. The molecule has 2 rings (SSSR count). The zero-order valence-corrected chi connectivity index (χ0v) is 12.3. The third kappa shape index (κ3) is 3.54. The van der Waals surface area contributed by atoms with E-state index in [4.69, 9.17) is 16.3 Å². The van der Waals surface area contributed by atoms with Crippen molar-refractivity contribution in [2.45, 2.75) is 6.92 Å². The molecule has 0 aliphatic heterocycles. The maximum absolute atomic E-state index is 13.4. The molecular weight excluding hydrogens is 337 g/mol. The Morgan fingerprint density at radius 1 is 1.42 bits per heavy atom. The molecule has 0 bridgehead atoms. The summed E-state index contributed by atoms with van der Waals surface area (Å²) in [7, 11) is 0. The van der Waals surface area contributed by atoms with E-state index in [2.05, 4.69) is 31.2 Å². The summed E-state index contributed by atoms with van der Waals surface area (Å²) in [5.41, 5.74) is 0. The van der Waals surface area contributed by atoms with Crippen LogP contribution in [0.2, 0.25) is 5.02 Å². The van der Waals surface area contributed by atoms with E-state index in [0.717, 1.165) is 6.54 Å². The molecule has 19 heavy (non-hydrogen) atoms. The maximum Gasteiger partial charge on any atom is 0.239 e. The molecule has 0 radical (unpaired) electrons. The van der Waals surface area contributed by atoms with E-state index < -0.39 is 5.82 Å². The van der Waals surface area contributed by atoms with Crippen molar-refractivity contribution in [2.24, 2.45) is 0 Å². The minimum atomic E-state index is -0.560. The van der Waals surface area contributed by atoms with Gasteiger partial charge < -0.3 is 10.1 Å². The largest absolute Gasteiger partial charge is 0.436 e.